The fourth-order valence-corrected chi connectivity index (χ4v) is 2.19. The van der Waals surface area contributed by atoms with E-state index in [0.29, 0.717) is 12.8 Å². The normalized spacial score (nSPS) is 21.5. The van der Waals surface area contributed by atoms with Crippen LogP contribution in [-0.4, -0.2) is 19.8 Å². The fraction of sp³-hybridized carbons (Fsp3) is 0.857. The predicted octanol–water partition coefficient (Wildman–Crippen LogP) is 0.431. The second kappa shape index (κ2) is 3.53. The van der Waals surface area contributed by atoms with Crippen molar-refractivity contribution in [1.29, 1.82) is 0 Å². The maximum Gasteiger partial charge on any atom is 0.258 e. The average Bonchev–Trinajstić information content (AvgIpc) is 2.35. The van der Waals surface area contributed by atoms with E-state index in [1.807, 2.05) is 0 Å². The standard InChI is InChI=1S/C7H12O4S/c1-6(8)7(11-12(9)10)4-2-3-5-7/h12H,2-5H2,1H3. The van der Waals surface area contributed by atoms with Crippen molar-refractivity contribution in [3.8, 4) is 0 Å². The summed E-state index contributed by atoms with van der Waals surface area (Å²) in [6.07, 6.45) is 2.79. The minimum Gasteiger partial charge on any atom is -0.297 e. The van der Waals surface area contributed by atoms with Crippen molar-refractivity contribution in [1.82, 2.24) is 0 Å². The molecule has 0 heterocycles. The van der Waals surface area contributed by atoms with Crippen LogP contribution in [0.5, 0.6) is 0 Å². The SMILES string of the molecule is CC(=O)C1(O[SH](=O)=O)CCCC1. The molecule has 1 aliphatic rings. The van der Waals surface area contributed by atoms with Crippen LogP contribution in [0.15, 0.2) is 0 Å². The summed E-state index contributed by atoms with van der Waals surface area (Å²) in [4.78, 5) is 11.1. The minimum atomic E-state index is -2.91. The molecule has 1 rings (SSSR count). The van der Waals surface area contributed by atoms with Crippen molar-refractivity contribution in [2.45, 2.75) is 38.2 Å². The summed E-state index contributed by atoms with van der Waals surface area (Å²) >= 11 is 0. The lowest BCUT2D eigenvalue weighted by Crippen LogP contribution is -2.36. The van der Waals surface area contributed by atoms with Crippen molar-refractivity contribution >= 4 is 16.8 Å². The van der Waals surface area contributed by atoms with Crippen LogP contribution >= 0.6 is 0 Å². The van der Waals surface area contributed by atoms with Crippen LogP contribution in [0.3, 0.4) is 0 Å². The molecule has 0 saturated heterocycles. The number of Topliss-reactive ketones (excluding diaryl/α,β-unsaturated/α-hetero) is 1. The lowest BCUT2D eigenvalue weighted by Gasteiger charge is -2.21. The second-order valence-corrected chi connectivity index (χ2v) is 3.70. The maximum atomic E-state index is 11.1. The van der Waals surface area contributed by atoms with E-state index in [2.05, 4.69) is 4.18 Å². The van der Waals surface area contributed by atoms with Crippen molar-refractivity contribution in [2.24, 2.45) is 0 Å². The van der Waals surface area contributed by atoms with Gasteiger partial charge in [0.15, 0.2) is 5.78 Å². The topological polar surface area (TPSA) is 60.4 Å². The lowest BCUT2D eigenvalue weighted by molar-refractivity contribution is -0.131. The highest BCUT2D eigenvalue weighted by Crippen LogP contribution is 2.33. The summed E-state index contributed by atoms with van der Waals surface area (Å²) in [7, 11) is -2.91. The molecule has 0 aromatic carbocycles. The van der Waals surface area contributed by atoms with Crippen LogP contribution in [0.2, 0.25) is 0 Å². The van der Waals surface area contributed by atoms with Gasteiger partial charge in [-0.2, -0.15) is 0 Å². The van der Waals surface area contributed by atoms with Crippen molar-refractivity contribution in [3.63, 3.8) is 0 Å². The Morgan fingerprint density at radius 3 is 2.17 bits per heavy atom. The average molecular weight is 192 g/mol. The molecule has 5 heteroatoms. The number of hydrogen-bond acceptors (Lipinski definition) is 4. The van der Waals surface area contributed by atoms with Crippen molar-refractivity contribution in [2.75, 3.05) is 0 Å². The summed E-state index contributed by atoms with van der Waals surface area (Å²) in [6, 6.07) is 0. The van der Waals surface area contributed by atoms with Crippen LogP contribution in [0.25, 0.3) is 0 Å². The number of carbonyl (C=O) groups is 1. The van der Waals surface area contributed by atoms with E-state index in [1.165, 1.54) is 6.92 Å². The quantitative estimate of drug-likeness (QED) is 0.659. The highest BCUT2D eigenvalue weighted by Gasteiger charge is 2.40. The maximum absolute atomic E-state index is 11.1. The summed E-state index contributed by atoms with van der Waals surface area (Å²) in [5, 5.41) is 0. The van der Waals surface area contributed by atoms with Gasteiger partial charge in [0.1, 0.15) is 5.60 Å². The van der Waals surface area contributed by atoms with Gasteiger partial charge in [0.2, 0.25) is 0 Å². The van der Waals surface area contributed by atoms with Gasteiger partial charge in [-0.25, -0.2) is 8.42 Å². The molecule has 70 valence electrons. The molecule has 0 aromatic rings. The van der Waals surface area contributed by atoms with Crippen molar-refractivity contribution < 1.29 is 17.4 Å². The van der Waals surface area contributed by atoms with E-state index in [-0.39, 0.29) is 5.78 Å². The number of thiol groups is 1. The van der Waals surface area contributed by atoms with E-state index in [9.17, 15) is 13.2 Å². The van der Waals surface area contributed by atoms with Gasteiger partial charge in [-0.15, -0.1) is 0 Å². The first-order valence-electron chi connectivity index (χ1n) is 3.91. The Morgan fingerprint density at radius 2 is 1.83 bits per heavy atom. The molecule has 0 N–H and O–H groups in total. The second-order valence-electron chi connectivity index (χ2n) is 3.07. The molecule has 0 bridgehead atoms. The molecule has 12 heavy (non-hydrogen) atoms. The van der Waals surface area contributed by atoms with Crippen LogP contribution in [0.4, 0.5) is 0 Å². The molecule has 0 radical (unpaired) electrons. The minimum absolute atomic E-state index is 0.181. The van der Waals surface area contributed by atoms with E-state index < -0.39 is 16.6 Å². The third-order valence-electron chi connectivity index (χ3n) is 2.30. The van der Waals surface area contributed by atoms with Crippen LogP contribution in [0.1, 0.15) is 32.6 Å². The molecule has 0 unspecified atom stereocenters. The molecular formula is C7H12O4S. The zero-order valence-electron chi connectivity index (χ0n) is 6.91. The Balaban J connectivity index is 2.78. The Hall–Kier alpha value is -0.420. The highest BCUT2D eigenvalue weighted by atomic mass is 32.2. The molecule has 0 aromatic heterocycles. The largest absolute Gasteiger partial charge is 0.297 e. The zero-order valence-corrected chi connectivity index (χ0v) is 7.80. The molecule has 0 amide bonds. The predicted molar refractivity (Wildman–Crippen MR) is 43.3 cm³/mol. The summed E-state index contributed by atoms with van der Waals surface area (Å²) in [5.41, 5.74) is -1.02. The Morgan fingerprint density at radius 1 is 1.33 bits per heavy atom. The smallest absolute Gasteiger partial charge is 0.258 e. The van der Waals surface area contributed by atoms with E-state index in [1.54, 1.807) is 0 Å². The molecule has 1 aliphatic carbocycles. The molecule has 1 fully saturated rings. The van der Waals surface area contributed by atoms with Crippen LogP contribution in [-0.2, 0) is 20.0 Å². The first kappa shape index (κ1) is 9.67. The Kier molecular flexibility index (Phi) is 2.85. The molecule has 0 spiro atoms. The first-order valence-corrected chi connectivity index (χ1v) is 5.01. The number of rotatable bonds is 3. The fourth-order valence-electron chi connectivity index (χ4n) is 1.60. The third-order valence-corrected chi connectivity index (χ3v) is 2.80. The van der Waals surface area contributed by atoms with Gasteiger partial charge < -0.3 is 0 Å². The zero-order chi connectivity index (χ0) is 9.19. The summed E-state index contributed by atoms with van der Waals surface area (Å²) < 4.78 is 25.3. The third kappa shape index (κ3) is 1.84. The summed E-state index contributed by atoms with van der Waals surface area (Å²) in [5.74, 6) is -0.181. The van der Waals surface area contributed by atoms with Crippen LogP contribution in [0, 0.1) is 0 Å². The van der Waals surface area contributed by atoms with Gasteiger partial charge >= 0.3 is 0 Å². The summed E-state index contributed by atoms with van der Waals surface area (Å²) in [6.45, 7) is 1.38. The van der Waals surface area contributed by atoms with Gasteiger partial charge in [-0.1, -0.05) is 0 Å². The van der Waals surface area contributed by atoms with Gasteiger partial charge in [0, 0.05) is 0 Å². The number of ketones is 1. The van der Waals surface area contributed by atoms with Gasteiger partial charge in [0.05, 0.1) is 0 Å². The van der Waals surface area contributed by atoms with Gasteiger partial charge in [-0.05, 0) is 32.6 Å². The van der Waals surface area contributed by atoms with Crippen molar-refractivity contribution in [3.05, 3.63) is 0 Å². The first-order chi connectivity index (χ1) is 5.57. The van der Waals surface area contributed by atoms with Crippen LogP contribution < -0.4 is 0 Å². The lowest BCUT2D eigenvalue weighted by atomic mass is 9.98. The monoisotopic (exact) mass is 192 g/mol. The molecule has 0 aliphatic heterocycles. The molecule has 0 atom stereocenters. The van der Waals surface area contributed by atoms with E-state index >= 15 is 0 Å². The van der Waals surface area contributed by atoms with E-state index in [0.717, 1.165) is 12.8 Å². The number of hydrogen-bond donors (Lipinski definition) is 1. The molecular weight excluding hydrogens is 180 g/mol. The van der Waals surface area contributed by atoms with Gasteiger partial charge in [-0.3, -0.25) is 8.98 Å². The number of carbonyl (C=O) groups excluding carboxylic acids is 1. The highest BCUT2D eigenvalue weighted by molar-refractivity contribution is 7.67. The molecule has 1 saturated carbocycles. The Labute approximate surface area is 73.1 Å². The Bertz CT molecular complexity index is 242. The molecule has 4 nitrogen and oxygen atoms in total. The van der Waals surface area contributed by atoms with E-state index in [4.69, 9.17) is 0 Å². The van der Waals surface area contributed by atoms with Gasteiger partial charge in [0.25, 0.3) is 11.0 Å².